The third-order valence-corrected chi connectivity index (χ3v) is 1.98. The van der Waals surface area contributed by atoms with E-state index in [-0.39, 0.29) is 12.3 Å². The lowest BCUT2D eigenvalue weighted by Gasteiger charge is -2.31. The minimum absolute atomic E-state index is 0.0522. The summed E-state index contributed by atoms with van der Waals surface area (Å²) in [7, 11) is 0. The van der Waals surface area contributed by atoms with Gasteiger partial charge in [-0.05, 0) is 27.7 Å². The summed E-state index contributed by atoms with van der Waals surface area (Å²) in [6, 6.07) is 0.360. The molecule has 1 aliphatic heterocycles. The second kappa shape index (κ2) is 4.81. The number of hydrogen-bond donors (Lipinski definition) is 3. The molecule has 2 atom stereocenters. The van der Waals surface area contributed by atoms with Crippen LogP contribution in [0.2, 0.25) is 0 Å². The topological polar surface area (TPSA) is 62.4 Å². The first-order valence-corrected chi connectivity index (χ1v) is 5.33. The van der Waals surface area contributed by atoms with Gasteiger partial charge in [0.2, 0.25) is 0 Å². The summed E-state index contributed by atoms with van der Waals surface area (Å²) < 4.78 is 5.16. The average Bonchev–Trinajstić information content (AvgIpc) is 1.99. The first kappa shape index (κ1) is 12.3. The minimum Gasteiger partial charge on any atom is -0.444 e. The maximum Gasteiger partial charge on any atom is 0.408 e. The highest BCUT2D eigenvalue weighted by Gasteiger charge is 2.22. The van der Waals surface area contributed by atoms with Gasteiger partial charge in [0.15, 0.2) is 0 Å². The molecule has 5 heteroatoms. The summed E-state index contributed by atoms with van der Waals surface area (Å²) >= 11 is 0. The maximum atomic E-state index is 11.4. The average molecular weight is 215 g/mol. The highest BCUT2D eigenvalue weighted by Crippen LogP contribution is 2.06. The van der Waals surface area contributed by atoms with Crippen LogP contribution in [0.1, 0.15) is 27.7 Å². The summed E-state index contributed by atoms with van der Waals surface area (Å²) in [5.41, 5.74) is -0.447. The Balaban J connectivity index is 2.31. The van der Waals surface area contributed by atoms with Crippen LogP contribution in [0.25, 0.3) is 0 Å². The molecular weight excluding hydrogens is 194 g/mol. The van der Waals surface area contributed by atoms with Gasteiger partial charge in [0.25, 0.3) is 0 Å². The van der Waals surface area contributed by atoms with Gasteiger partial charge in [-0.1, -0.05) is 0 Å². The molecule has 1 aliphatic rings. The molecule has 0 bridgehead atoms. The van der Waals surface area contributed by atoms with Gasteiger partial charge in [0.05, 0.1) is 6.17 Å². The van der Waals surface area contributed by atoms with Crippen LogP contribution in [0.5, 0.6) is 0 Å². The number of hydrogen-bond acceptors (Lipinski definition) is 4. The Labute approximate surface area is 90.9 Å². The van der Waals surface area contributed by atoms with Crippen LogP contribution >= 0.6 is 0 Å². The summed E-state index contributed by atoms with van der Waals surface area (Å²) in [5.74, 6) is 0. The van der Waals surface area contributed by atoms with Crippen LogP contribution < -0.4 is 16.0 Å². The molecule has 15 heavy (non-hydrogen) atoms. The first-order valence-electron chi connectivity index (χ1n) is 5.33. The molecule has 0 spiro atoms. The van der Waals surface area contributed by atoms with Gasteiger partial charge in [-0.15, -0.1) is 0 Å². The summed E-state index contributed by atoms with van der Waals surface area (Å²) in [6.45, 7) is 9.26. The van der Waals surface area contributed by atoms with Crippen molar-refractivity contribution < 1.29 is 9.53 Å². The Morgan fingerprint density at radius 1 is 1.40 bits per heavy atom. The van der Waals surface area contributed by atoms with Crippen LogP contribution in [0.4, 0.5) is 4.79 Å². The molecule has 1 amide bonds. The lowest BCUT2D eigenvalue weighted by atomic mass is 10.2. The molecule has 88 valence electrons. The Morgan fingerprint density at radius 2 is 2.07 bits per heavy atom. The zero-order valence-electron chi connectivity index (χ0n) is 9.89. The Hall–Kier alpha value is -0.810. The molecule has 1 fully saturated rings. The van der Waals surface area contributed by atoms with Crippen molar-refractivity contribution in [1.82, 2.24) is 16.0 Å². The number of ether oxygens (including phenoxy) is 1. The second-order valence-corrected chi connectivity index (χ2v) is 4.92. The van der Waals surface area contributed by atoms with Gasteiger partial charge >= 0.3 is 6.09 Å². The molecular formula is C10H21N3O2. The fraction of sp³-hybridized carbons (Fsp3) is 0.900. The van der Waals surface area contributed by atoms with Crippen LogP contribution in [0.15, 0.2) is 0 Å². The number of nitrogens with one attached hydrogen (secondary N) is 3. The molecule has 0 saturated carbocycles. The van der Waals surface area contributed by atoms with Gasteiger partial charge in [0, 0.05) is 19.1 Å². The fourth-order valence-electron chi connectivity index (χ4n) is 1.45. The van der Waals surface area contributed by atoms with Crippen molar-refractivity contribution in [2.24, 2.45) is 0 Å². The molecule has 1 saturated heterocycles. The molecule has 1 heterocycles. The van der Waals surface area contributed by atoms with E-state index in [0.29, 0.717) is 6.04 Å². The van der Waals surface area contributed by atoms with Crippen molar-refractivity contribution in [3.8, 4) is 0 Å². The molecule has 0 aromatic carbocycles. The standard InChI is InChI=1S/C10H21N3O2/c1-7-5-11-6-8(12-7)13-9(14)15-10(2,3)4/h7-8,11-12H,5-6H2,1-4H3,(H,13,14)/t7-,8-/m0/s1. The number of piperazine rings is 1. The Bertz CT molecular complexity index is 225. The van der Waals surface area contributed by atoms with Crippen LogP contribution in [0, 0.1) is 0 Å². The number of rotatable bonds is 1. The largest absolute Gasteiger partial charge is 0.444 e. The van der Waals surface area contributed by atoms with E-state index < -0.39 is 5.60 Å². The van der Waals surface area contributed by atoms with Crippen molar-refractivity contribution in [2.75, 3.05) is 13.1 Å². The molecule has 0 radical (unpaired) electrons. The van der Waals surface area contributed by atoms with E-state index in [0.717, 1.165) is 13.1 Å². The zero-order valence-corrected chi connectivity index (χ0v) is 9.89. The zero-order chi connectivity index (χ0) is 11.5. The lowest BCUT2D eigenvalue weighted by Crippen LogP contribution is -2.61. The van der Waals surface area contributed by atoms with Crippen molar-refractivity contribution >= 4 is 6.09 Å². The highest BCUT2D eigenvalue weighted by molar-refractivity contribution is 5.68. The molecule has 0 aromatic heterocycles. The van der Waals surface area contributed by atoms with E-state index in [1.807, 2.05) is 20.8 Å². The number of carbonyl (C=O) groups excluding carboxylic acids is 1. The Kier molecular flexibility index (Phi) is 3.93. The van der Waals surface area contributed by atoms with Gasteiger partial charge in [-0.2, -0.15) is 0 Å². The molecule has 0 unspecified atom stereocenters. The van der Waals surface area contributed by atoms with Crippen molar-refractivity contribution in [3.63, 3.8) is 0 Å². The first-order chi connectivity index (χ1) is 6.87. The molecule has 3 N–H and O–H groups in total. The smallest absolute Gasteiger partial charge is 0.408 e. The van der Waals surface area contributed by atoms with Crippen LogP contribution in [-0.4, -0.2) is 37.0 Å². The molecule has 1 rings (SSSR count). The van der Waals surface area contributed by atoms with Gasteiger partial charge in [-0.3, -0.25) is 5.32 Å². The molecule has 5 nitrogen and oxygen atoms in total. The maximum absolute atomic E-state index is 11.4. The van der Waals surface area contributed by atoms with Crippen molar-refractivity contribution in [3.05, 3.63) is 0 Å². The highest BCUT2D eigenvalue weighted by atomic mass is 16.6. The predicted octanol–water partition coefficient (Wildman–Crippen LogP) is 0.419. The van der Waals surface area contributed by atoms with E-state index in [1.54, 1.807) is 0 Å². The number of amides is 1. The van der Waals surface area contributed by atoms with Crippen LogP contribution in [-0.2, 0) is 4.74 Å². The minimum atomic E-state index is -0.447. The van der Waals surface area contributed by atoms with E-state index in [2.05, 4.69) is 22.9 Å². The van der Waals surface area contributed by atoms with Crippen molar-refractivity contribution in [1.29, 1.82) is 0 Å². The van der Waals surface area contributed by atoms with Crippen LogP contribution in [0.3, 0.4) is 0 Å². The molecule has 0 aliphatic carbocycles. The second-order valence-electron chi connectivity index (χ2n) is 4.92. The van der Waals surface area contributed by atoms with E-state index in [1.165, 1.54) is 0 Å². The fourth-order valence-corrected chi connectivity index (χ4v) is 1.45. The number of alkyl carbamates (subject to hydrolysis) is 1. The quantitative estimate of drug-likeness (QED) is 0.593. The van der Waals surface area contributed by atoms with E-state index in [4.69, 9.17) is 4.74 Å². The summed E-state index contributed by atoms with van der Waals surface area (Å²) in [5, 5.41) is 9.25. The monoisotopic (exact) mass is 215 g/mol. The van der Waals surface area contributed by atoms with Crippen molar-refractivity contribution in [2.45, 2.75) is 45.5 Å². The lowest BCUT2D eigenvalue weighted by molar-refractivity contribution is 0.0484. The number of carbonyl (C=O) groups is 1. The van der Waals surface area contributed by atoms with E-state index >= 15 is 0 Å². The SMILES string of the molecule is C[C@H]1CNC[C@H](NC(=O)OC(C)(C)C)N1. The van der Waals surface area contributed by atoms with Gasteiger partial charge < -0.3 is 15.4 Å². The normalized spacial score (nSPS) is 27.2. The third kappa shape index (κ3) is 4.99. The Morgan fingerprint density at radius 3 is 2.60 bits per heavy atom. The van der Waals surface area contributed by atoms with Gasteiger partial charge in [0.1, 0.15) is 5.60 Å². The van der Waals surface area contributed by atoms with Gasteiger partial charge in [-0.25, -0.2) is 4.79 Å². The van der Waals surface area contributed by atoms with E-state index in [9.17, 15) is 4.79 Å². The third-order valence-electron chi connectivity index (χ3n) is 1.98. The summed E-state index contributed by atoms with van der Waals surface area (Å²) in [6.07, 6.45) is -0.431. The summed E-state index contributed by atoms with van der Waals surface area (Å²) in [4.78, 5) is 11.4. The molecule has 0 aromatic rings. The predicted molar refractivity (Wildman–Crippen MR) is 58.6 cm³/mol.